The lowest BCUT2D eigenvalue weighted by Crippen LogP contribution is -1.72. The van der Waals surface area contributed by atoms with E-state index in [0.29, 0.717) is 0 Å². The summed E-state index contributed by atoms with van der Waals surface area (Å²) in [5.41, 5.74) is 1.19. The second-order valence-corrected chi connectivity index (χ2v) is 5.86. The Morgan fingerprint density at radius 1 is 1.00 bits per heavy atom. The molecule has 2 rings (SSSR count). The van der Waals surface area contributed by atoms with Gasteiger partial charge in [0.25, 0.3) is 0 Å². The van der Waals surface area contributed by atoms with Gasteiger partial charge in [-0.3, -0.25) is 0 Å². The summed E-state index contributed by atoms with van der Waals surface area (Å²) >= 11 is 7.44. The number of rotatable bonds is 5. The largest absolute Gasteiger partial charge is 0.0909 e. The third-order valence-corrected chi connectivity index (χ3v) is 3.84. The predicted molar refractivity (Wildman–Crippen MR) is 94.4 cm³/mol. The van der Waals surface area contributed by atoms with Crippen LogP contribution >= 0.6 is 23.4 Å². The van der Waals surface area contributed by atoms with Gasteiger partial charge in [0.2, 0.25) is 0 Å². The first kappa shape index (κ1) is 15.8. The SMILES string of the molecule is Clc1ccc(/C=C/CCCC#CSc2ccccc2)cc1. The molecule has 0 nitrogen and oxygen atoms in total. The van der Waals surface area contributed by atoms with Crippen molar-refractivity contribution in [1.82, 2.24) is 0 Å². The molecule has 0 fully saturated rings. The first-order chi connectivity index (χ1) is 10.3. The summed E-state index contributed by atoms with van der Waals surface area (Å²) in [7, 11) is 0. The maximum atomic E-state index is 5.85. The molecular formula is C19H17ClS. The average Bonchev–Trinajstić information content (AvgIpc) is 2.53. The van der Waals surface area contributed by atoms with Crippen LogP contribution in [0.15, 0.2) is 65.6 Å². The molecule has 0 spiro atoms. The Bertz CT molecular complexity index is 618. The summed E-state index contributed by atoms with van der Waals surface area (Å²) in [6, 6.07) is 18.1. The van der Waals surface area contributed by atoms with E-state index < -0.39 is 0 Å². The number of thioether (sulfide) groups is 1. The van der Waals surface area contributed by atoms with Gasteiger partial charge in [-0.1, -0.05) is 60.0 Å². The molecule has 0 saturated heterocycles. The standard InChI is InChI=1S/C19H17ClS/c20-18-14-12-17(13-15-18)9-5-2-1-3-8-16-21-19-10-6-4-7-11-19/h4-7,9-15H,1-3H2/b9-5+. The molecule has 0 radical (unpaired) electrons. The Hall–Kier alpha value is -1.62. The molecule has 0 atom stereocenters. The monoisotopic (exact) mass is 312 g/mol. The van der Waals surface area contributed by atoms with Crippen molar-refractivity contribution in [2.45, 2.75) is 24.2 Å². The summed E-state index contributed by atoms with van der Waals surface area (Å²) < 4.78 is 0. The van der Waals surface area contributed by atoms with Crippen molar-refractivity contribution >= 4 is 29.4 Å². The highest BCUT2D eigenvalue weighted by atomic mass is 35.5. The topological polar surface area (TPSA) is 0 Å². The predicted octanol–water partition coefficient (Wildman–Crippen LogP) is 6.28. The average molecular weight is 313 g/mol. The summed E-state index contributed by atoms with van der Waals surface area (Å²) in [5, 5.41) is 3.92. The van der Waals surface area contributed by atoms with E-state index in [1.807, 2.05) is 42.5 Å². The minimum atomic E-state index is 0.776. The van der Waals surface area contributed by atoms with Gasteiger partial charge < -0.3 is 0 Å². The summed E-state index contributed by atoms with van der Waals surface area (Å²) in [4.78, 5) is 1.20. The van der Waals surface area contributed by atoms with Crippen LogP contribution in [0.1, 0.15) is 24.8 Å². The zero-order valence-electron chi connectivity index (χ0n) is 11.8. The lowest BCUT2D eigenvalue weighted by atomic mass is 10.1. The van der Waals surface area contributed by atoms with Crippen LogP contribution in [0.25, 0.3) is 6.08 Å². The third kappa shape index (κ3) is 6.58. The first-order valence-electron chi connectivity index (χ1n) is 6.96. The number of allylic oxidation sites excluding steroid dienone is 1. The van der Waals surface area contributed by atoms with Crippen molar-refractivity contribution < 1.29 is 0 Å². The smallest absolute Gasteiger partial charge is 0.0406 e. The Balaban J connectivity index is 1.63. The normalized spacial score (nSPS) is 10.3. The van der Waals surface area contributed by atoms with E-state index in [-0.39, 0.29) is 0 Å². The number of hydrogen-bond donors (Lipinski definition) is 0. The molecule has 0 amide bonds. The van der Waals surface area contributed by atoms with Crippen LogP contribution < -0.4 is 0 Å². The minimum absolute atomic E-state index is 0.776. The molecule has 0 saturated carbocycles. The zero-order valence-corrected chi connectivity index (χ0v) is 13.3. The molecule has 2 heteroatoms. The zero-order chi connectivity index (χ0) is 14.8. The van der Waals surface area contributed by atoms with Gasteiger partial charge >= 0.3 is 0 Å². The van der Waals surface area contributed by atoms with Gasteiger partial charge in [-0.15, -0.1) is 0 Å². The van der Waals surface area contributed by atoms with Gasteiger partial charge in [-0.05, 0) is 59.7 Å². The Morgan fingerprint density at radius 3 is 2.52 bits per heavy atom. The van der Waals surface area contributed by atoms with Gasteiger partial charge in [0, 0.05) is 16.3 Å². The molecule has 21 heavy (non-hydrogen) atoms. The Kier molecular flexibility index (Phi) is 7.01. The lowest BCUT2D eigenvalue weighted by Gasteiger charge is -1.93. The number of unbranched alkanes of at least 4 members (excludes halogenated alkanes) is 2. The molecular weight excluding hydrogens is 296 g/mol. The highest BCUT2D eigenvalue weighted by Gasteiger charge is 1.88. The minimum Gasteiger partial charge on any atom is -0.0909 e. The molecule has 0 aromatic heterocycles. The van der Waals surface area contributed by atoms with Crippen molar-refractivity contribution in [2.75, 3.05) is 0 Å². The van der Waals surface area contributed by atoms with Gasteiger partial charge in [-0.25, -0.2) is 0 Å². The van der Waals surface area contributed by atoms with Crippen molar-refractivity contribution in [2.24, 2.45) is 0 Å². The second-order valence-electron chi connectivity index (χ2n) is 4.54. The maximum absolute atomic E-state index is 5.85. The Labute approximate surface area is 136 Å². The van der Waals surface area contributed by atoms with Crippen molar-refractivity contribution in [1.29, 1.82) is 0 Å². The highest BCUT2D eigenvalue weighted by Crippen LogP contribution is 2.15. The van der Waals surface area contributed by atoms with Gasteiger partial charge in [-0.2, -0.15) is 0 Å². The molecule has 0 bridgehead atoms. The molecule has 0 aliphatic carbocycles. The highest BCUT2D eigenvalue weighted by molar-refractivity contribution is 8.03. The second kappa shape index (κ2) is 9.34. The van der Waals surface area contributed by atoms with Crippen LogP contribution in [0, 0.1) is 11.2 Å². The van der Waals surface area contributed by atoms with E-state index in [1.54, 1.807) is 11.8 Å². The van der Waals surface area contributed by atoms with E-state index in [4.69, 9.17) is 11.6 Å². The van der Waals surface area contributed by atoms with E-state index in [0.717, 1.165) is 24.3 Å². The van der Waals surface area contributed by atoms with Crippen LogP contribution in [0.2, 0.25) is 5.02 Å². The summed E-state index contributed by atoms with van der Waals surface area (Å²) in [6.45, 7) is 0. The van der Waals surface area contributed by atoms with Crippen LogP contribution in [0.3, 0.4) is 0 Å². The molecule has 2 aromatic rings. The van der Waals surface area contributed by atoms with Crippen molar-refractivity contribution in [3.63, 3.8) is 0 Å². The van der Waals surface area contributed by atoms with E-state index in [9.17, 15) is 0 Å². The summed E-state index contributed by atoms with van der Waals surface area (Å²) in [5.74, 6) is 3.20. The van der Waals surface area contributed by atoms with Gasteiger partial charge in [0.1, 0.15) is 0 Å². The number of hydrogen-bond acceptors (Lipinski definition) is 1. The van der Waals surface area contributed by atoms with Gasteiger partial charge in [0.15, 0.2) is 0 Å². The fraction of sp³-hybridized carbons (Fsp3) is 0.158. The Morgan fingerprint density at radius 2 is 1.76 bits per heavy atom. The van der Waals surface area contributed by atoms with Gasteiger partial charge in [0.05, 0.1) is 0 Å². The molecule has 0 heterocycles. The summed E-state index contributed by atoms with van der Waals surface area (Å²) in [6.07, 6.45) is 7.39. The van der Waals surface area contributed by atoms with E-state index in [1.165, 1.54) is 10.5 Å². The lowest BCUT2D eigenvalue weighted by molar-refractivity contribution is 0.888. The van der Waals surface area contributed by atoms with Crippen LogP contribution in [0.5, 0.6) is 0 Å². The number of benzene rings is 2. The van der Waals surface area contributed by atoms with E-state index in [2.05, 4.69) is 35.5 Å². The maximum Gasteiger partial charge on any atom is 0.0406 e. The molecule has 0 N–H and O–H groups in total. The molecule has 106 valence electrons. The third-order valence-electron chi connectivity index (χ3n) is 2.84. The van der Waals surface area contributed by atoms with Crippen LogP contribution in [0.4, 0.5) is 0 Å². The van der Waals surface area contributed by atoms with Crippen molar-refractivity contribution in [3.8, 4) is 11.2 Å². The molecule has 2 aromatic carbocycles. The first-order valence-corrected chi connectivity index (χ1v) is 8.16. The van der Waals surface area contributed by atoms with E-state index >= 15 is 0 Å². The fourth-order valence-electron chi connectivity index (χ4n) is 1.74. The quantitative estimate of drug-likeness (QED) is 0.356. The fourth-order valence-corrected chi connectivity index (χ4v) is 2.45. The molecule has 0 unspecified atom stereocenters. The van der Waals surface area contributed by atoms with Crippen LogP contribution in [-0.4, -0.2) is 0 Å². The molecule has 0 aliphatic rings. The number of halogens is 1. The molecule has 0 aliphatic heterocycles. The van der Waals surface area contributed by atoms with Crippen LogP contribution in [-0.2, 0) is 0 Å². The van der Waals surface area contributed by atoms with Crippen molar-refractivity contribution in [3.05, 3.63) is 71.3 Å².